The molecule has 0 radical (unpaired) electrons. The maximum atomic E-state index is 12.7. The number of carbonyl (C=O) groups excluding carboxylic acids is 1. The first kappa shape index (κ1) is 20.4. The van der Waals surface area contributed by atoms with E-state index in [2.05, 4.69) is 20.3 Å². The van der Waals surface area contributed by atoms with Crippen molar-refractivity contribution in [3.8, 4) is 17.1 Å². The molecule has 0 fully saturated rings. The Labute approximate surface area is 190 Å². The monoisotopic (exact) mass is 435 g/mol. The highest BCUT2D eigenvalue weighted by molar-refractivity contribution is 6.03. The molecule has 5 rings (SSSR count). The summed E-state index contributed by atoms with van der Waals surface area (Å²) in [6.45, 7) is 2.40. The number of nitrogens with zero attached hydrogens (tertiary/aromatic N) is 4. The largest absolute Gasteiger partial charge is 0.489 e. The predicted molar refractivity (Wildman–Crippen MR) is 126 cm³/mol. The number of rotatable bonds is 6. The minimum absolute atomic E-state index is 0.229. The van der Waals surface area contributed by atoms with E-state index < -0.39 is 0 Å². The summed E-state index contributed by atoms with van der Waals surface area (Å²) in [5.41, 5.74) is 4.80. The molecule has 0 saturated heterocycles. The van der Waals surface area contributed by atoms with E-state index >= 15 is 0 Å². The van der Waals surface area contributed by atoms with E-state index in [1.165, 1.54) is 0 Å². The molecule has 2 aromatic carbocycles. The van der Waals surface area contributed by atoms with Crippen LogP contribution in [0.25, 0.3) is 17.0 Å². The third kappa shape index (κ3) is 4.43. The van der Waals surface area contributed by atoms with E-state index in [4.69, 9.17) is 4.74 Å². The number of benzene rings is 2. The number of nitrogens with one attached hydrogen (secondary N) is 1. The zero-order chi connectivity index (χ0) is 22.6. The summed E-state index contributed by atoms with van der Waals surface area (Å²) >= 11 is 0. The Bertz CT molecular complexity index is 1410. The molecule has 0 bridgehead atoms. The average Bonchev–Trinajstić information content (AvgIpc) is 3.19. The topological polar surface area (TPSA) is 81.4 Å². The molecule has 0 saturated carbocycles. The van der Waals surface area contributed by atoms with E-state index in [-0.39, 0.29) is 11.9 Å². The molecule has 33 heavy (non-hydrogen) atoms. The number of imidazole rings is 1. The van der Waals surface area contributed by atoms with Crippen LogP contribution in [0, 0.1) is 6.92 Å². The van der Waals surface area contributed by atoms with Crippen molar-refractivity contribution in [3.63, 3.8) is 0 Å². The number of aryl methyl sites for hydroxylation is 1. The molecule has 0 atom stereocenters. The van der Waals surface area contributed by atoms with Gasteiger partial charge in [0.05, 0.1) is 17.1 Å². The number of hydrogen-bond donors (Lipinski definition) is 1. The molecule has 3 heterocycles. The molecule has 5 aromatic rings. The van der Waals surface area contributed by atoms with Crippen LogP contribution in [0.3, 0.4) is 0 Å². The van der Waals surface area contributed by atoms with Gasteiger partial charge in [0.15, 0.2) is 0 Å². The Morgan fingerprint density at radius 1 is 0.939 bits per heavy atom. The highest BCUT2D eigenvalue weighted by atomic mass is 16.5. The lowest BCUT2D eigenvalue weighted by molar-refractivity contribution is 0.102. The molecule has 1 amide bonds. The summed E-state index contributed by atoms with van der Waals surface area (Å²) < 4.78 is 7.75. The van der Waals surface area contributed by atoms with Gasteiger partial charge in [-0.15, -0.1) is 0 Å². The van der Waals surface area contributed by atoms with Gasteiger partial charge in [-0.25, -0.2) is 15.0 Å². The van der Waals surface area contributed by atoms with Gasteiger partial charge in [-0.1, -0.05) is 36.4 Å². The second-order valence-electron chi connectivity index (χ2n) is 7.49. The van der Waals surface area contributed by atoms with Crippen LogP contribution in [0.1, 0.15) is 21.6 Å². The van der Waals surface area contributed by atoms with Crippen molar-refractivity contribution in [1.29, 1.82) is 0 Å². The van der Waals surface area contributed by atoms with Gasteiger partial charge in [-0.3, -0.25) is 14.5 Å². The van der Waals surface area contributed by atoms with Gasteiger partial charge < -0.3 is 4.74 Å². The Morgan fingerprint density at radius 3 is 2.55 bits per heavy atom. The van der Waals surface area contributed by atoms with E-state index in [9.17, 15) is 4.79 Å². The van der Waals surface area contributed by atoms with E-state index in [1.54, 1.807) is 36.5 Å². The molecule has 162 valence electrons. The number of amides is 1. The third-order valence-corrected chi connectivity index (χ3v) is 5.19. The van der Waals surface area contributed by atoms with Crippen molar-refractivity contribution in [2.24, 2.45) is 0 Å². The van der Waals surface area contributed by atoms with Gasteiger partial charge in [0.1, 0.15) is 18.0 Å². The number of carbonyl (C=O) groups is 1. The van der Waals surface area contributed by atoms with Gasteiger partial charge >= 0.3 is 0 Å². The van der Waals surface area contributed by atoms with Crippen LogP contribution in [0.5, 0.6) is 5.75 Å². The quantitative estimate of drug-likeness (QED) is 0.409. The minimum atomic E-state index is -0.295. The van der Waals surface area contributed by atoms with E-state index in [0.717, 1.165) is 22.6 Å². The summed E-state index contributed by atoms with van der Waals surface area (Å²) in [6, 6.07) is 24.5. The fourth-order valence-corrected chi connectivity index (χ4v) is 3.59. The Hall–Kier alpha value is -4.52. The Balaban J connectivity index is 1.30. The second kappa shape index (κ2) is 8.92. The number of pyridine rings is 1. The first-order valence-electron chi connectivity index (χ1n) is 10.5. The highest BCUT2D eigenvalue weighted by Crippen LogP contribution is 2.23. The molecule has 7 heteroatoms. The van der Waals surface area contributed by atoms with Gasteiger partial charge in [-0.2, -0.15) is 0 Å². The molecule has 0 unspecified atom stereocenters. The summed E-state index contributed by atoms with van der Waals surface area (Å²) in [5.74, 6) is 0.626. The van der Waals surface area contributed by atoms with Crippen LogP contribution in [0.15, 0.2) is 91.3 Å². The van der Waals surface area contributed by atoms with Gasteiger partial charge in [0, 0.05) is 18.0 Å². The second-order valence-corrected chi connectivity index (χ2v) is 7.49. The maximum absolute atomic E-state index is 12.7. The highest BCUT2D eigenvalue weighted by Gasteiger charge is 2.14. The molecule has 0 spiro atoms. The minimum Gasteiger partial charge on any atom is -0.489 e. The zero-order valence-electron chi connectivity index (χ0n) is 18.0. The van der Waals surface area contributed by atoms with Crippen LogP contribution < -0.4 is 10.1 Å². The smallest absolute Gasteiger partial charge is 0.258 e. The van der Waals surface area contributed by atoms with Gasteiger partial charge in [-0.05, 0) is 55.0 Å². The lowest BCUT2D eigenvalue weighted by Crippen LogP contribution is -2.14. The van der Waals surface area contributed by atoms with Crippen LogP contribution in [-0.4, -0.2) is 25.3 Å². The van der Waals surface area contributed by atoms with E-state index in [0.29, 0.717) is 23.6 Å². The van der Waals surface area contributed by atoms with Crippen molar-refractivity contribution in [2.45, 2.75) is 13.5 Å². The van der Waals surface area contributed by atoms with Gasteiger partial charge in [0.2, 0.25) is 5.95 Å². The summed E-state index contributed by atoms with van der Waals surface area (Å²) in [5, 5.41) is 2.77. The molecule has 1 N–H and O–H groups in total. The van der Waals surface area contributed by atoms with Crippen molar-refractivity contribution in [1.82, 2.24) is 19.4 Å². The standard InChI is InChI=1S/C26H21N5O2/c1-18-24(31-16-6-5-9-23(31)28-18)22-14-15-27-26(29-22)30-25(32)20-10-12-21(13-11-20)33-17-19-7-3-2-4-8-19/h2-16H,17H2,1H3,(H,27,29,30,32). The number of aromatic nitrogens is 4. The Kier molecular flexibility index (Phi) is 5.51. The van der Waals surface area contributed by atoms with Crippen molar-refractivity contribution in [2.75, 3.05) is 5.32 Å². The molecule has 0 aliphatic rings. The van der Waals surface area contributed by atoms with E-state index in [1.807, 2.05) is 66.1 Å². The maximum Gasteiger partial charge on any atom is 0.258 e. The van der Waals surface area contributed by atoms with Crippen LogP contribution >= 0.6 is 0 Å². The lowest BCUT2D eigenvalue weighted by atomic mass is 10.2. The predicted octanol–water partition coefficient (Wildman–Crippen LogP) is 4.93. The van der Waals surface area contributed by atoms with Crippen LogP contribution in [0.2, 0.25) is 0 Å². The number of hydrogen-bond acceptors (Lipinski definition) is 5. The first-order valence-corrected chi connectivity index (χ1v) is 10.5. The normalized spacial score (nSPS) is 10.8. The van der Waals surface area contributed by atoms with Crippen molar-refractivity contribution >= 4 is 17.5 Å². The lowest BCUT2D eigenvalue weighted by Gasteiger charge is -2.08. The number of fused-ring (bicyclic) bond motifs is 1. The van der Waals surface area contributed by atoms with Crippen LogP contribution in [0.4, 0.5) is 5.95 Å². The zero-order valence-corrected chi connectivity index (χ0v) is 18.0. The fourth-order valence-electron chi connectivity index (χ4n) is 3.59. The molecule has 7 nitrogen and oxygen atoms in total. The Morgan fingerprint density at radius 2 is 1.73 bits per heavy atom. The molecular formula is C26H21N5O2. The fraction of sp³-hybridized carbons (Fsp3) is 0.0769. The molecule has 3 aromatic heterocycles. The first-order chi connectivity index (χ1) is 16.2. The van der Waals surface area contributed by atoms with Crippen molar-refractivity contribution in [3.05, 3.63) is 108 Å². The van der Waals surface area contributed by atoms with Crippen LogP contribution in [-0.2, 0) is 6.61 Å². The molecule has 0 aliphatic heterocycles. The summed E-state index contributed by atoms with van der Waals surface area (Å²) in [4.78, 5) is 26.1. The molecule has 0 aliphatic carbocycles. The molecular weight excluding hydrogens is 414 g/mol. The van der Waals surface area contributed by atoms with Crippen molar-refractivity contribution < 1.29 is 9.53 Å². The SMILES string of the molecule is Cc1nc2ccccn2c1-c1ccnc(NC(=O)c2ccc(OCc3ccccc3)cc2)n1. The third-order valence-electron chi connectivity index (χ3n) is 5.19. The van der Waals surface area contributed by atoms with Gasteiger partial charge in [0.25, 0.3) is 5.91 Å². The summed E-state index contributed by atoms with van der Waals surface area (Å²) in [6.07, 6.45) is 3.56. The number of ether oxygens (including phenoxy) is 1. The number of anilines is 1. The summed E-state index contributed by atoms with van der Waals surface area (Å²) in [7, 11) is 0. The average molecular weight is 435 g/mol.